The number of allylic oxidation sites excluding steroid dienone is 6. The highest BCUT2D eigenvalue weighted by Crippen LogP contribution is 2.15. The summed E-state index contributed by atoms with van der Waals surface area (Å²) in [6.07, 6.45) is 50.4. The van der Waals surface area contributed by atoms with Crippen molar-refractivity contribution in [1.82, 2.24) is 5.32 Å². The maximum absolute atomic E-state index is 12.5. The summed E-state index contributed by atoms with van der Waals surface area (Å²) in [5.74, 6) is -0.602. The van der Waals surface area contributed by atoms with Gasteiger partial charge in [-0.3, -0.25) is 4.79 Å². The number of carbonyl (C=O) groups is 1. The molecule has 0 spiro atoms. The molecule has 0 saturated carbocycles. The largest absolute Gasteiger partial charge is 0.394 e. The number of nitrogens with one attached hydrogen (secondary N) is 1. The Morgan fingerprint density at radius 3 is 1.17 bits per heavy atom. The van der Waals surface area contributed by atoms with E-state index in [-0.39, 0.29) is 0 Å². The van der Waals surface area contributed by atoms with E-state index in [9.17, 15) is 25.2 Å². The number of amides is 1. The molecule has 4 unspecified atom stereocenters. The van der Waals surface area contributed by atoms with Gasteiger partial charge in [-0.2, -0.15) is 0 Å². The van der Waals surface area contributed by atoms with Gasteiger partial charge in [0.2, 0.25) is 5.91 Å². The molecule has 0 aromatic rings. The van der Waals surface area contributed by atoms with Gasteiger partial charge in [-0.15, -0.1) is 0 Å². The van der Waals surface area contributed by atoms with Crippen LogP contribution < -0.4 is 5.32 Å². The molecule has 0 aromatic heterocycles. The van der Waals surface area contributed by atoms with Crippen LogP contribution in [-0.2, 0) is 4.79 Å². The molecular formula is C48H91NO5. The maximum atomic E-state index is 12.5. The van der Waals surface area contributed by atoms with Crippen molar-refractivity contribution in [2.24, 2.45) is 0 Å². The van der Waals surface area contributed by atoms with Crippen molar-refractivity contribution in [3.05, 3.63) is 36.5 Å². The molecule has 0 heterocycles. The first-order chi connectivity index (χ1) is 26.5. The lowest BCUT2D eigenvalue weighted by Crippen LogP contribution is -2.53. The summed E-state index contributed by atoms with van der Waals surface area (Å²) in [6, 6.07) is -1.01. The third kappa shape index (κ3) is 36.2. The molecular weight excluding hydrogens is 671 g/mol. The summed E-state index contributed by atoms with van der Waals surface area (Å²) in [5, 5.41) is 43.7. The fourth-order valence-corrected chi connectivity index (χ4v) is 7.06. The minimum absolute atomic E-state index is 0.353. The second kappa shape index (κ2) is 42.7. The van der Waals surface area contributed by atoms with E-state index >= 15 is 0 Å². The lowest BCUT2D eigenvalue weighted by molar-refractivity contribution is -0.132. The van der Waals surface area contributed by atoms with Crippen molar-refractivity contribution in [1.29, 1.82) is 0 Å². The molecule has 318 valence electrons. The van der Waals surface area contributed by atoms with Crippen LogP contribution in [0.1, 0.15) is 232 Å². The highest BCUT2D eigenvalue weighted by Gasteiger charge is 2.28. The van der Waals surface area contributed by atoms with E-state index in [0.717, 1.165) is 51.4 Å². The summed E-state index contributed by atoms with van der Waals surface area (Å²) < 4.78 is 0. The van der Waals surface area contributed by atoms with Crippen LogP contribution in [0.5, 0.6) is 0 Å². The number of unbranched alkanes of at least 4 members (excludes halogenated alkanes) is 27. The summed E-state index contributed by atoms with van der Waals surface area (Å²) in [4.78, 5) is 12.5. The van der Waals surface area contributed by atoms with Gasteiger partial charge in [-0.25, -0.2) is 0 Å². The van der Waals surface area contributed by atoms with Crippen molar-refractivity contribution in [3.8, 4) is 0 Å². The van der Waals surface area contributed by atoms with Gasteiger partial charge in [0.1, 0.15) is 12.2 Å². The quantitative estimate of drug-likeness (QED) is 0.0314. The number of aliphatic hydroxyl groups excluding tert-OH is 4. The minimum atomic E-state index is -1.29. The van der Waals surface area contributed by atoms with E-state index in [1.54, 1.807) is 0 Å². The van der Waals surface area contributed by atoms with Crippen LogP contribution in [0.2, 0.25) is 0 Å². The molecule has 54 heavy (non-hydrogen) atoms. The summed E-state index contributed by atoms with van der Waals surface area (Å²) in [6.45, 7) is 4.04. The molecule has 0 aliphatic heterocycles. The second-order valence-corrected chi connectivity index (χ2v) is 16.1. The molecule has 6 heteroatoms. The topological polar surface area (TPSA) is 110 Å². The Balaban J connectivity index is 3.79. The first kappa shape index (κ1) is 52.5. The van der Waals surface area contributed by atoms with Gasteiger partial charge in [0.05, 0.1) is 18.8 Å². The number of aliphatic hydroxyl groups is 4. The van der Waals surface area contributed by atoms with Crippen LogP contribution in [0.3, 0.4) is 0 Å². The Labute approximate surface area is 335 Å². The van der Waals surface area contributed by atoms with Gasteiger partial charge < -0.3 is 25.7 Å². The van der Waals surface area contributed by atoms with Crippen molar-refractivity contribution in [2.45, 2.75) is 257 Å². The van der Waals surface area contributed by atoms with Crippen molar-refractivity contribution >= 4 is 5.91 Å². The molecule has 0 fully saturated rings. The van der Waals surface area contributed by atoms with Crippen molar-refractivity contribution < 1.29 is 25.2 Å². The van der Waals surface area contributed by atoms with E-state index < -0.39 is 36.9 Å². The molecule has 0 saturated heterocycles. The van der Waals surface area contributed by atoms with Crippen LogP contribution in [0.4, 0.5) is 0 Å². The lowest BCUT2D eigenvalue weighted by Gasteiger charge is -2.27. The van der Waals surface area contributed by atoms with Crippen LogP contribution in [0.15, 0.2) is 36.5 Å². The lowest BCUT2D eigenvalue weighted by atomic mass is 10.00. The summed E-state index contributed by atoms with van der Waals surface area (Å²) in [5.41, 5.74) is 0. The number of rotatable bonds is 42. The highest BCUT2D eigenvalue weighted by atomic mass is 16.3. The fraction of sp³-hybridized carbons (Fsp3) is 0.854. The normalized spacial score (nSPS) is 14.4. The standard InChI is InChI=1S/C48H91NO5/c1-3-5-7-9-11-13-15-17-19-21-23-24-26-28-30-32-34-36-38-40-42-46(52)48(54)49-44(43-50)47(53)45(51)41-39-37-35-33-31-29-27-25-22-20-18-16-14-12-10-8-6-4-2/h24-27,33,35,44-47,50-53H,3-23,28-32,34,36-43H2,1-2H3,(H,49,54)/b26-24-,27-25+,35-33+. The third-order valence-electron chi connectivity index (χ3n) is 10.8. The SMILES string of the molecule is CCCCCCCCCCC/C=C/CC/C=C/CCCC(O)C(O)C(CO)NC(=O)C(O)CCCCCCCC/C=C\CCCCCCCCCCCC. The van der Waals surface area contributed by atoms with Gasteiger partial charge in [0, 0.05) is 0 Å². The molecule has 0 aliphatic carbocycles. The maximum Gasteiger partial charge on any atom is 0.249 e. The van der Waals surface area contributed by atoms with E-state index in [1.807, 2.05) is 0 Å². The van der Waals surface area contributed by atoms with E-state index in [2.05, 4.69) is 55.6 Å². The monoisotopic (exact) mass is 762 g/mol. The van der Waals surface area contributed by atoms with Gasteiger partial charge in [0.25, 0.3) is 0 Å². The Morgan fingerprint density at radius 2 is 0.778 bits per heavy atom. The smallest absolute Gasteiger partial charge is 0.249 e. The number of hydrogen-bond acceptors (Lipinski definition) is 5. The van der Waals surface area contributed by atoms with E-state index in [0.29, 0.717) is 19.3 Å². The van der Waals surface area contributed by atoms with Gasteiger partial charge in [0.15, 0.2) is 0 Å². The van der Waals surface area contributed by atoms with Crippen molar-refractivity contribution in [3.63, 3.8) is 0 Å². The predicted octanol–water partition coefficient (Wildman–Crippen LogP) is 12.5. The molecule has 0 radical (unpaired) electrons. The Hall–Kier alpha value is -1.47. The third-order valence-corrected chi connectivity index (χ3v) is 10.8. The molecule has 1 amide bonds. The van der Waals surface area contributed by atoms with Gasteiger partial charge in [-0.05, 0) is 77.0 Å². The average Bonchev–Trinajstić information content (AvgIpc) is 3.18. The van der Waals surface area contributed by atoms with Crippen LogP contribution >= 0.6 is 0 Å². The van der Waals surface area contributed by atoms with Crippen LogP contribution in [0, 0.1) is 0 Å². The molecule has 0 aromatic carbocycles. The highest BCUT2D eigenvalue weighted by molar-refractivity contribution is 5.80. The first-order valence-corrected chi connectivity index (χ1v) is 23.4. The molecule has 0 bridgehead atoms. The van der Waals surface area contributed by atoms with E-state index in [4.69, 9.17) is 0 Å². The van der Waals surface area contributed by atoms with Crippen LogP contribution in [0.25, 0.3) is 0 Å². The fourth-order valence-electron chi connectivity index (χ4n) is 7.06. The Morgan fingerprint density at radius 1 is 0.444 bits per heavy atom. The zero-order valence-electron chi connectivity index (χ0n) is 35.7. The first-order valence-electron chi connectivity index (χ1n) is 23.4. The molecule has 6 nitrogen and oxygen atoms in total. The molecule has 4 atom stereocenters. The molecule has 5 N–H and O–H groups in total. The second-order valence-electron chi connectivity index (χ2n) is 16.1. The zero-order chi connectivity index (χ0) is 39.6. The Kier molecular flexibility index (Phi) is 41.5. The van der Waals surface area contributed by atoms with Crippen LogP contribution in [-0.4, -0.2) is 57.3 Å². The predicted molar refractivity (Wildman–Crippen MR) is 233 cm³/mol. The van der Waals surface area contributed by atoms with E-state index in [1.165, 1.54) is 148 Å². The average molecular weight is 762 g/mol. The van der Waals surface area contributed by atoms with Gasteiger partial charge in [-0.1, -0.05) is 192 Å². The number of hydrogen-bond donors (Lipinski definition) is 5. The van der Waals surface area contributed by atoms with Crippen molar-refractivity contribution in [2.75, 3.05) is 6.61 Å². The number of carbonyl (C=O) groups excluding carboxylic acids is 1. The van der Waals surface area contributed by atoms with Gasteiger partial charge >= 0.3 is 0 Å². The molecule has 0 rings (SSSR count). The molecule has 0 aliphatic rings. The summed E-state index contributed by atoms with van der Waals surface area (Å²) >= 11 is 0. The summed E-state index contributed by atoms with van der Waals surface area (Å²) in [7, 11) is 0. The zero-order valence-corrected chi connectivity index (χ0v) is 35.7. The Bertz CT molecular complexity index is 858. The minimum Gasteiger partial charge on any atom is -0.394 e.